The van der Waals surface area contributed by atoms with E-state index in [1.807, 2.05) is 39.0 Å². The topological polar surface area (TPSA) is 58.1 Å². The van der Waals surface area contributed by atoms with Crippen LogP contribution in [0.1, 0.15) is 29.9 Å². The van der Waals surface area contributed by atoms with Crippen LogP contribution in [-0.4, -0.2) is 34.1 Å². The maximum atomic E-state index is 12.2. The lowest BCUT2D eigenvalue weighted by atomic mass is 10.2. The van der Waals surface area contributed by atoms with Gasteiger partial charge in [-0.2, -0.15) is 0 Å². The first kappa shape index (κ1) is 16.4. The van der Waals surface area contributed by atoms with Crippen molar-refractivity contribution in [2.24, 2.45) is 0 Å². The van der Waals surface area contributed by atoms with Gasteiger partial charge in [0.05, 0.1) is 0 Å². The quantitative estimate of drug-likeness (QED) is 0.879. The zero-order valence-electron chi connectivity index (χ0n) is 12.9. The zero-order chi connectivity index (χ0) is 16.1. The van der Waals surface area contributed by atoms with Gasteiger partial charge in [0.1, 0.15) is 0 Å². The number of anilines is 2. The van der Waals surface area contributed by atoms with E-state index in [1.54, 1.807) is 17.0 Å². The van der Waals surface area contributed by atoms with Crippen LogP contribution >= 0.6 is 15.9 Å². The summed E-state index contributed by atoms with van der Waals surface area (Å²) in [4.78, 5) is 13.9. The van der Waals surface area contributed by atoms with E-state index in [1.165, 1.54) is 0 Å². The monoisotopic (exact) mass is 362 g/mol. The lowest BCUT2D eigenvalue weighted by Crippen LogP contribution is -2.31. The van der Waals surface area contributed by atoms with E-state index in [-0.39, 0.29) is 5.91 Å². The van der Waals surface area contributed by atoms with Crippen LogP contribution < -0.4 is 5.32 Å². The molecule has 0 spiro atoms. The molecule has 1 amide bonds. The van der Waals surface area contributed by atoms with Crippen molar-refractivity contribution in [3.05, 3.63) is 46.1 Å². The molecule has 0 aliphatic rings. The summed E-state index contributed by atoms with van der Waals surface area (Å²) in [6.45, 7) is 7.23. The largest absolute Gasteiger partial charge is 0.339 e. The Kier molecular flexibility index (Phi) is 5.49. The van der Waals surface area contributed by atoms with E-state index in [9.17, 15) is 4.79 Å². The van der Waals surface area contributed by atoms with Crippen molar-refractivity contribution in [2.45, 2.75) is 20.8 Å². The molecule has 0 unspecified atom stereocenters. The number of nitrogens with one attached hydrogen (secondary N) is 1. The van der Waals surface area contributed by atoms with Crippen LogP contribution in [0.15, 0.2) is 34.8 Å². The van der Waals surface area contributed by atoms with Gasteiger partial charge < -0.3 is 10.2 Å². The Labute approximate surface area is 138 Å². The molecule has 1 aromatic heterocycles. The molecule has 2 rings (SSSR count). The minimum absolute atomic E-state index is 0.0939. The third-order valence-electron chi connectivity index (χ3n) is 3.36. The van der Waals surface area contributed by atoms with Crippen LogP contribution in [-0.2, 0) is 0 Å². The number of carbonyl (C=O) groups is 1. The van der Waals surface area contributed by atoms with Crippen LogP contribution in [0.5, 0.6) is 0 Å². The summed E-state index contributed by atoms with van der Waals surface area (Å²) in [5, 5.41) is 11.3. The van der Waals surface area contributed by atoms with Gasteiger partial charge in [0, 0.05) is 23.2 Å². The Balaban J connectivity index is 2.11. The molecule has 2 aromatic rings. The number of aryl methyl sites for hydroxylation is 1. The third kappa shape index (κ3) is 3.82. The number of halogens is 1. The van der Waals surface area contributed by atoms with Crippen LogP contribution in [0.4, 0.5) is 11.5 Å². The molecule has 0 radical (unpaired) electrons. The molecular weight excluding hydrogens is 344 g/mol. The molecule has 22 heavy (non-hydrogen) atoms. The minimum Gasteiger partial charge on any atom is -0.339 e. The number of hydrogen-bond acceptors (Lipinski definition) is 4. The second kappa shape index (κ2) is 7.35. The lowest BCUT2D eigenvalue weighted by Gasteiger charge is -2.17. The van der Waals surface area contributed by atoms with Gasteiger partial charge in [-0.05, 0) is 56.7 Å². The van der Waals surface area contributed by atoms with Gasteiger partial charge in [-0.25, -0.2) is 0 Å². The Bertz CT molecular complexity index is 654. The molecule has 0 aliphatic heterocycles. The highest BCUT2D eigenvalue weighted by molar-refractivity contribution is 9.10. The van der Waals surface area contributed by atoms with E-state index >= 15 is 0 Å². The molecule has 1 aromatic carbocycles. The van der Waals surface area contributed by atoms with Crippen molar-refractivity contribution < 1.29 is 4.79 Å². The van der Waals surface area contributed by atoms with E-state index in [2.05, 4.69) is 31.4 Å². The van der Waals surface area contributed by atoms with Gasteiger partial charge in [0.25, 0.3) is 5.91 Å². The number of nitrogens with zero attached hydrogens (tertiary/aromatic N) is 3. The molecule has 0 atom stereocenters. The summed E-state index contributed by atoms with van der Waals surface area (Å²) >= 11 is 3.47. The SMILES string of the molecule is CCN(CC)C(=O)c1ccc(Nc2ccc(Br)c(C)c2)nn1. The van der Waals surface area contributed by atoms with Crippen LogP contribution in [0.3, 0.4) is 0 Å². The Hall–Kier alpha value is -1.95. The second-order valence-corrected chi connectivity index (χ2v) is 5.72. The van der Waals surface area contributed by atoms with Crippen molar-refractivity contribution in [1.29, 1.82) is 0 Å². The fraction of sp³-hybridized carbons (Fsp3) is 0.312. The molecule has 0 aliphatic carbocycles. The van der Waals surface area contributed by atoms with Crippen molar-refractivity contribution in [1.82, 2.24) is 15.1 Å². The summed E-state index contributed by atoms with van der Waals surface area (Å²) in [7, 11) is 0. The minimum atomic E-state index is -0.0939. The van der Waals surface area contributed by atoms with Crippen LogP contribution in [0, 0.1) is 6.92 Å². The van der Waals surface area contributed by atoms with E-state index in [0.29, 0.717) is 24.6 Å². The first-order chi connectivity index (χ1) is 10.5. The highest BCUT2D eigenvalue weighted by Crippen LogP contribution is 2.22. The number of benzene rings is 1. The summed E-state index contributed by atoms with van der Waals surface area (Å²) in [5.41, 5.74) is 2.42. The summed E-state index contributed by atoms with van der Waals surface area (Å²) in [6.07, 6.45) is 0. The van der Waals surface area contributed by atoms with Crippen molar-refractivity contribution in [3.8, 4) is 0 Å². The molecular formula is C16H19BrN4O. The van der Waals surface area contributed by atoms with Crippen LogP contribution in [0.2, 0.25) is 0 Å². The average Bonchev–Trinajstić information content (AvgIpc) is 2.53. The second-order valence-electron chi connectivity index (χ2n) is 4.87. The molecule has 5 nitrogen and oxygen atoms in total. The Morgan fingerprint density at radius 2 is 1.91 bits per heavy atom. The van der Waals surface area contributed by atoms with Gasteiger partial charge in [0.2, 0.25) is 0 Å². The average molecular weight is 363 g/mol. The summed E-state index contributed by atoms with van der Waals surface area (Å²) < 4.78 is 1.06. The van der Waals surface area contributed by atoms with Gasteiger partial charge in [-0.15, -0.1) is 10.2 Å². The van der Waals surface area contributed by atoms with Gasteiger partial charge in [0.15, 0.2) is 11.5 Å². The maximum absolute atomic E-state index is 12.2. The highest BCUT2D eigenvalue weighted by atomic mass is 79.9. The Morgan fingerprint density at radius 1 is 1.18 bits per heavy atom. The number of carbonyl (C=O) groups excluding carboxylic acids is 1. The lowest BCUT2D eigenvalue weighted by molar-refractivity contribution is 0.0766. The number of aromatic nitrogens is 2. The van der Waals surface area contributed by atoms with Crippen LogP contribution in [0.25, 0.3) is 0 Å². The molecule has 6 heteroatoms. The van der Waals surface area contributed by atoms with Gasteiger partial charge >= 0.3 is 0 Å². The first-order valence-electron chi connectivity index (χ1n) is 7.21. The Morgan fingerprint density at radius 3 is 2.45 bits per heavy atom. The third-order valence-corrected chi connectivity index (χ3v) is 4.25. The highest BCUT2D eigenvalue weighted by Gasteiger charge is 2.14. The normalized spacial score (nSPS) is 10.4. The number of rotatable bonds is 5. The molecule has 0 fully saturated rings. The van der Waals surface area contributed by atoms with E-state index < -0.39 is 0 Å². The molecule has 1 N–H and O–H groups in total. The molecule has 0 saturated carbocycles. The zero-order valence-corrected chi connectivity index (χ0v) is 14.5. The van der Waals surface area contributed by atoms with Crippen molar-refractivity contribution >= 4 is 33.3 Å². The first-order valence-corrected chi connectivity index (χ1v) is 8.00. The fourth-order valence-corrected chi connectivity index (χ4v) is 2.30. The van der Waals surface area contributed by atoms with Crippen molar-refractivity contribution in [2.75, 3.05) is 18.4 Å². The van der Waals surface area contributed by atoms with Crippen molar-refractivity contribution in [3.63, 3.8) is 0 Å². The summed E-state index contributed by atoms with van der Waals surface area (Å²) in [6, 6.07) is 9.40. The van der Waals surface area contributed by atoms with E-state index in [0.717, 1.165) is 15.7 Å². The van der Waals surface area contributed by atoms with Gasteiger partial charge in [-0.3, -0.25) is 4.79 Å². The molecule has 1 heterocycles. The maximum Gasteiger partial charge on any atom is 0.274 e. The standard InChI is InChI=1S/C16H19BrN4O/c1-4-21(5-2)16(22)14-8-9-15(20-19-14)18-12-6-7-13(17)11(3)10-12/h6-10H,4-5H2,1-3H3,(H,18,20). The van der Waals surface area contributed by atoms with E-state index in [4.69, 9.17) is 0 Å². The predicted octanol–water partition coefficient (Wildman–Crippen LogP) is 3.77. The number of hydrogen-bond donors (Lipinski definition) is 1. The number of amides is 1. The fourth-order valence-electron chi connectivity index (χ4n) is 2.06. The smallest absolute Gasteiger partial charge is 0.274 e. The summed E-state index contributed by atoms with van der Waals surface area (Å²) in [5.74, 6) is 0.515. The van der Waals surface area contributed by atoms with Gasteiger partial charge in [-0.1, -0.05) is 15.9 Å². The molecule has 0 saturated heterocycles. The molecule has 0 bridgehead atoms. The molecule has 116 valence electrons. The predicted molar refractivity (Wildman–Crippen MR) is 91.4 cm³/mol.